The molecule has 22 heavy (non-hydrogen) atoms. The smallest absolute Gasteiger partial charge is 0.241 e. The lowest BCUT2D eigenvalue weighted by Crippen LogP contribution is -2.36. The van der Waals surface area contributed by atoms with Crippen molar-refractivity contribution in [1.29, 1.82) is 0 Å². The number of hydrogen-bond donors (Lipinski definition) is 1. The highest BCUT2D eigenvalue weighted by Gasteiger charge is 2.15. The van der Waals surface area contributed by atoms with Gasteiger partial charge in [0.2, 0.25) is 11.8 Å². The van der Waals surface area contributed by atoms with Crippen molar-refractivity contribution in [2.24, 2.45) is 0 Å². The van der Waals surface area contributed by atoms with Crippen LogP contribution in [0.2, 0.25) is 0 Å². The van der Waals surface area contributed by atoms with Crippen molar-refractivity contribution < 1.29 is 9.59 Å². The van der Waals surface area contributed by atoms with Crippen molar-refractivity contribution in [2.75, 3.05) is 36.9 Å². The highest BCUT2D eigenvalue weighted by Crippen LogP contribution is 2.17. The molecule has 2 rings (SSSR count). The fraction of sp³-hybridized carbons (Fsp3) is 0.529. The molecule has 1 saturated heterocycles. The lowest BCUT2D eigenvalue weighted by atomic mass is 10.2. The van der Waals surface area contributed by atoms with Gasteiger partial charge in [-0.05, 0) is 37.1 Å². The van der Waals surface area contributed by atoms with Crippen LogP contribution < -0.4 is 10.2 Å². The molecule has 1 aliphatic rings. The minimum Gasteiger partial charge on any atom is -0.376 e. The molecule has 1 aliphatic heterocycles. The molecule has 0 saturated carbocycles. The Bertz CT molecular complexity index is 505. The fourth-order valence-electron chi connectivity index (χ4n) is 2.59. The Balaban J connectivity index is 1.85. The summed E-state index contributed by atoms with van der Waals surface area (Å²) in [5.41, 5.74) is 1.74. The monoisotopic (exact) mass is 303 g/mol. The molecule has 2 amide bonds. The van der Waals surface area contributed by atoms with Crippen molar-refractivity contribution in [3.8, 4) is 0 Å². The molecule has 1 aromatic rings. The molecule has 0 radical (unpaired) electrons. The Morgan fingerprint density at radius 3 is 2.23 bits per heavy atom. The van der Waals surface area contributed by atoms with Crippen LogP contribution in [0.25, 0.3) is 0 Å². The van der Waals surface area contributed by atoms with Crippen LogP contribution in [0.5, 0.6) is 0 Å². The zero-order valence-electron chi connectivity index (χ0n) is 13.5. The SMILES string of the molecule is CC(=O)N(C)c1ccc(NCC(=O)N2CCCCCC2)cc1. The molecule has 1 aromatic carbocycles. The van der Waals surface area contributed by atoms with Gasteiger partial charge >= 0.3 is 0 Å². The van der Waals surface area contributed by atoms with E-state index in [0.29, 0.717) is 6.54 Å². The Kier molecular flexibility index (Phi) is 5.81. The first-order chi connectivity index (χ1) is 10.6. The van der Waals surface area contributed by atoms with E-state index < -0.39 is 0 Å². The van der Waals surface area contributed by atoms with E-state index in [1.807, 2.05) is 29.2 Å². The van der Waals surface area contributed by atoms with E-state index in [4.69, 9.17) is 0 Å². The number of likely N-dealkylation sites (tertiary alicyclic amines) is 1. The maximum Gasteiger partial charge on any atom is 0.241 e. The molecule has 0 unspecified atom stereocenters. The molecular formula is C17H25N3O2. The number of carbonyl (C=O) groups excluding carboxylic acids is 2. The fourth-order valence-corrected chi connectivity index (χ4v) is 2.59. The topological polar surface area (TPSA) is 52.7 Å². The van der Waals surface area contributed by atoms with Gasteiger partial charge in [0.25, 0.3) is 0 Å². The van der Waals surface area contributed by atoms with Crippen LogP contribution in [0.4, 0.5) is 11.4 Å². The van der Waals surface area contributed by atoms with Gasteiger partial charge in [-0.1, -0.05) is 12.8 Å². The van der Waals surface area contributed by atoms with Crippen LogP contribution in [0, 0.1) is 0 Å². The number of benzene rings is 1. The zero-order valence-corrected chi connectivity index (χ0v) is 13.5. The minimum atomic E-state index is -0.00273. The van der Waals surface area contributed by atoms with E-state index in [0.717, 1.165) is 37.3 Å². The second-order valence-electron chi connectivity index (χ2n) is 5.77. The van der Waals surface area contributed by atoms with Crippen molar-refractivity contribution in [3.63, 3.8) is 0 Å². The number of anilines is 2. The zero-order chi connectivity index (χ0) is 15.9. The highest BCUT2D eigenvalue weighted by atomic mass is 16.2. The molecule has 5 nitrogen and oxygen atoms in total. The largest absolute Gasteiger partial charge is 0.376 e. The predicted octanol–water partition coefficient (Wildman–Crippen LogP) is 2.48. The highest BCUT2D eigenvalue weighted by molar-refractivity contribution is 5.91. The molecule has 0 aromatic heterocycles. The Morgan fingerprint density at radius 2 is 1.68 bits per heavy atom. The average molecular weight is 303 g/mol. The molecule has 1 heterocycles. The number of rotatable bonds is 4. The van der Waals surface area contributed by atoms with E-state index in [9.17, 15) is 9.59 Å². The number of hydrogen-bond acceptors (Lipinski definition) is 3. The predicted molar refractivity (Wildman–Crippen MR) is 89.1 cm³/mol. The lowest BCUT2D eigenvalue weighted by molar-refractivity contribution is -0.129. The van der Waals surface area contributed by atoms with Crippen LogP contribution in [-0.4, -0.2) is 43.4 Å². The molecule has 0 atom stereocenters. The van der Waals surface area contributed by atoms with Gasteiger partial charge in [0.05, 0.1) is 6.54 Å². The molecule has 0 bridgehead atoms. The first-order valence-corrected chi connectivity index (χ1v) is 7.94. The van der Waals surface area contributed by atoms with Crippen molar-refractivity contribution in [2.45, 2.75) is 32.6 Å². The molecule has 5 heteroatoms. The summed E-state index contributed by atoms with van der Waals surface area (Å²) in [6.07, 6.45) is 4.67. The van der Waals surface area contributed by atoms with Gasteiger partial charge in [-0.25, -0.2) is 0 Å². The van der Waals surface area contributed by atoms with Crippen molar-refractivity contribution >= 4 is 23.2 Å². The van der Waals surface area contributed by atoms with Crippen molar-refractivity contribution in [3.05, 3.63) is 24.3 Å². The Hall–Kier alpha value is -2.04. The number of amides is 2. The van der Waals surface area contributed by atoms with Gasteiger partial charge in [-0.2, -0.15) is 0 Å². The third-order valence-corrected chi connectivity index (χ3v) is 4.13. The van der Waals surface area contributed by atoms with E-state index in [-0.39, 0.29) is 11.8 Å². The summed E-state index contributed by atoms with van der Waals surface area (Å²) in [6, 6.07) is 7.54. The van der Waals surface area contributed by atoms with Gasteiger partial charge in [0.15, 0.2) is 0 Å². The quantitative estimate of drug-likeness (QED) is 0.929. The summed E-state index contributed by atoms with van der Waals surface area (Å²) in [5.74, 6) is 0.156. The number of nitrogens with one attached hydrogen (secondary N) is 1. The number of nitrogens with zero attached hydrogens (tertiary/aromatic N) is 2. The number of carbonyl (C=O) groups is 2. The minimum absolute atomic E-state index is 0.00273. The molecule has 120 valence electrons. The summed E-state index contributed by atoms with van der Waals surface area (Å²) in [4.78, 5) is 27.1. The summed E-state index contributed by atoms with van der Waals surface area (Å²) in [5, 5.41) is 3.16. The van der Waals surface area contributed by atoms with E-state index in [1.165, 1.54) is 19.8 Å². The first kappa shape index (κ1) is 16.3. The van der Waals surface area contributed by atoms with Gasteiger partial charge in [0, 0.05) is 38.4 Å². The van der Waals surface area contributed by atoms with Gasteiger partial charge < -0.3 is 15.1 Å². The van der Waals surface area contributed by atoms with E-state index >= 15 is 0 Å². The normalized spacial score (nSPS) is 15.1. The Morgan fingerprint density at radius 1 is 1.09 bits per heavy atom. The van der Waals surface area contributed by atoms with Crippen LogP contribution >= 0.6 is 0 Å². The first-order valence-electron chi connectivity index (χ1n) is 7.94. The molecule has 1 N–H and O–H groups in total. The van der Waals surface area contributed by atoms with Gasteiger partial charge in [0.1, 0.15) is 0 Å². The second kappa shape index (κ2) is 7.82. The second-order valence-corrected chi connectivity index (χ2v) is 5.77. The van der Waals surface area contributed by atoms with Crippen LogP contribution in [0.1, 0.15) is 32.6 Å². The molecule has 1 fully saturated rings. The summed E-state index contributed by atoms with van der Waals surface area (Å²) in [7, 11) is 1.74. The standard InChI is InChI=1S/C17H25N3O2/c1-14(21)19(2)16-9-7-15(8-10-16)18-13-17(22)20-11-5-3-4-6-12-20/h7-10,18H,3-6,11-13H2,1-2H3. The average Bonchev–Trinajstić information content (AvgIpc) is 2.81. The maximum atomic E-state index is 12.2. The summed E-state index contributed by atoms with van der Waals surface area (Å²) < 4.78 is 0. The lowest BCUT2D eigenvalue weighted by Gasteiger charge is -2.21. The third-order valence-electron chi connectivity index (χ3n) is 4.13. The molecule has 0 aliphatic carbocycles. The van der Waals surface area contributed by atoms with E-state index in [2.05, 4.69) is 5.32 Å². The van der Waals surface area contributed by atoms with Crippen LogP contribution in [-0.2, 0) is 9.59 Å². The summed E-state index contributed by atoms with van der Waals surface area (Å²) >= 11 is 0. The van der Waals surface area contributed by atoms with Crippen LogP contribution in [0.15, 0.2) is 24.3 Å². The van der Waals surface area contributed by atoms with E-state index in [1.54, 1.807) is 11.9 Å². The van der Waals surface area contributed by atoms with Gasteiger partial charge in [-0.3, -0.25) is 9.59 Å². The third kappa shape index (κ3) is 4.48. The molecular weight excluding hydrogens is 278 g/mol. The van der Waals surface area contributed by atoms with Crippen molar-refractivity contribution in [1.82, 2.24) is 4.90 Å². The maximum absolute atomic E-state index is 12.2. The van der Waals surface area contributed by atoms with Crippen LogP contribution in [0.3, 0.4) is 0 Å². The molecule has 0 spiro atoms. The Labute approximate surface area is 132 Å². The van der Waals surface area contributed by atoms with Gasteiger partial charge in [-0.15, -0.1) is 0 Å². The summed E-state index contributed by atoms with van der Waals surface area (Å²) in [6.45, 7) is 3.61.